The molecule has 1 saturated heterocycles. The van der Waals surface area contributed by atoms with E-state index in [-0.39, 0.29) is 23.7 Å². The molecule has 200 valence electrons. The molecule has 1 aliphatic heterocycles. The molecule has 2 aromatic carbocycles. The van der Waals surface area contributed by atoms with Crippen molar-refractivity contribution in [1.29, 1.82) is 0 Å². The van der Waals surface area contributed by atoms with Gasteiger partial charge in [0.1, 0.15) is 17.3 Å². The second-order valence-electron chi connectivity index (χ2n) is 9.97. The van der Waals surface area contributed by atoms with E-state index in [2.05, 4.69) is 10.4 Å². The van der Waals surface area contributed by atoms with Crippen molar-refractivity contribution in [3.8, 4) is 0 Å². The number of aromatic nitrogens is 2. The van der Waals surface area contributed by atoms with Gasteiger partial charge in [-0.3, -0.25) is 14.3 Å². The minimum Gasteiger partial charge on any atom is -0.462 e. The smallest absolute Gasteiger partial charge is 0.253 e. The first kappa shape index (κ1) is 26.2. The number of hydrogen-bond donors (Lipinski definition) is 1. The maximum Gasteiger partial charge on any atom is 0.253 e. The zero-order valence-electron chi connectivity index (χ0n) is 22.1. The highest BCUT2D eigenvalue weighted by Crippen LogP contribution is 2.25. The molecule has 0 unspecified atom stereocenters. The van der Waals surface area contributed by atoms with Gasteiger partial charge in [0.05, 0.1) is 17.9 Å². The Labute approximate surface area is 226 Å². The number of carbonyl (C=O) groups excluding carboxylic acids is 2. The van der Waals surface area contributed by atoms with Gasteiger partial charge in [0.2, 0.25) is 0 Å². The van der Waals surface area contributed by atoms with E-state index in [9.17, 15) is 14.0 Å². The van der Waals surface area contributed by atoms with Crippen LogP contribution in [0.3, 0.4) is 0 Å². The van der Waals surface area contributed by atoms with Gasteiger partial charge in [0, 0.05) is 30.4 Å². The van der Waals surface area contributed by atoms with Crippen molar-refractivity contribution in [2.45, 2.75) is 39.2 Å². The highest BCUT2D eigenvalue weighted by Gasteiger charge is 2.25. The molecule has 1 fully saturated rings. The molecule has 7 nitrogen and oxygen atoms in total. The summed E-state index contributed by atoms with van der Waals surface area (Å²) in [4.78, 5) is 27.7. The van der Waals surface area contributed by atoms with Crippen molar-refractivity contribution in [2.24, 2.45) is 0 Å². The molecule has 0 aliphatic carbocycles. The second-order valence-corrected chi connectivity index (χ2v) is 9.97. The molecular formula is C31H31FN4O3. The Balaban J connectivity index is 1.15. The molecule has 1 aliphatic rings. The van der Waals surface area contributed by atoms with E-state index in [0.717, 1.165) is 29.7 Å². The number of nitrogens with zero attached hydrogens (tertiary/aromatic N) is 3. The number of nitrogens with one attached hydrogen (secondary N) is 1. The summed E-state index contributed by atoms with van der Waals surface area (Å²) in [5.41, 5.74) is 3.63. The molecule has 0 radical (unpaired) electrons. The van der Waals surface area contributed by atoms with Crippen LogP contribution in [0.25, 0.3) is 6.08 Å². The van der Waals surface area contributed by atoms with Crippen molar-refractivity contribution >= 4 is 23.6 Å². The van der Waals surface area contributed by atoms with Crippen molar-refractivity contribution < 1.29 is 18.4 Å². The Hall–Kier alpha value is -4.46. The minimum absolute atomic E-state index is 0.00280. The highest BCUT2D eigenvalue weighted by atomic mass is 19.1. The van der Waals surface area contributed by atoms with Gasteiger partial charge in [0.25, 0.3) is 11.8 Å². The Kier molecular flexibility index (Phi) is 7.72. The van der Waals surface area contributed by atoms with E-state index in [0.29, 0.717) is 42.1 Å². The number of rotatable bonds is 7. The molecule has 4 aromatic rings. The van der Waals surface area contributed by atoms with Crippen LogP contribution in [-0.4, -0.2) is 39.6 Å². The summed E-state index contributed by atoms with van der Waals surface area (Å²) in [5, 5.41) is 7.34. The number of piperidine rings is 1. The third kappa shape index (κ3) is 6.52. The Morgan fingerprint density at radius 2 is 1.82 bits per heavy atom. The monoisotopic (exact) mass is 526 g/mol. The highest BCUT2D eigenvalue weighted by molar-refractivity contribution is 6.05. The molecule has 8 heteroatoms. The number of hydrogen-bond acceptors (Lipinski definition) is 4. The zero-order valence-corrected chi connectivity index (χ0v) is 22.1. The maximum absolute atomic E-state index is 13.5. The first-order valence-electron chi connectivity index (χ1n) is 13.1. The first-order valence-corrected chi connectivity index (χ1v) is 13.1. The SMILES string of the molecule is C/C(=C\c1ccc(C)o1)C(=O)Nc1cnn(C2CCN(C(=O)c3cccc(Cc4cccc(F)c4)c3)CC2)c1. The first-order chi connectivity index (χ1) is 18.8. The van der Waals surface area contributed by atoms with Crippen LogP contribution in [0, 0.1) is 12.7 Å². The Morgan fingerprint density at radius 3 is 2.54 bits per heavy atom. The average Bonchev–Trinajstić information content (AvgIpc) is 3.57. The number of furan rings is 1. The van der Waals surface area contributed by atoms with Gasteiger partial charge in [-0.1, -0.05) is 24.3 Å². The van der Waals surface area contributed by atoms with E-state index < -0.39 is 0 Å². The second kappa shape index (κ2) is 11.5. The van der Waals surface area contributed by atoms with Crippen LogP contribution in [0.2, 0.25) is 0 Å². The van der Waals surface area contributed by atoms with Crippen LogP contribution in [-0.2, 0) is 11.2 Å². The van der Waals surface area contributed by atoms with E-state index in [1.807, 2.05) is 65.2 Å². The molecule has 2 aromatic heterocycles. The maximum atomic E-state index is 13.5. The zero-order chi connectivity index (χ0) is 27.4. The van der Waals surface area contributed by atoms with Crippen LogP contribution in [0.5, 0.6) is 0 Å². The molecule has 0 saturated carbocycles. The van der Waals surface area contributed by atoms with E-state index in [4.69, 9.17) is 4.42 Å². The lowest BCUT2D eigenvalue weighted by molar-refractivity contribution is -0.112. The van der Waals surface area contributed by atoms with E-state index in [1.165, 1.54) is 12.1 Å². The number of benzene rings is 2. The summed E-state index contributed by atoms with van der Waals surface area (Å²) < 4.78 is 20.9. The fraction of sp³-hybridized carbons (Fsp3) is 0.258. The van der Waals surface area contributed by atoms with Gasteiger partial charge in [-0.15, -0.1) is 0 Å². The van der Waals surface area contributed by atoms with Crippen LogP contribution in [0.4, 0.5) is 10.1 Å². The molecule has 39 heavy (non-hydrogen) atoms. The van der Waals surface area contributed by atoms with Gasteiger partial charge < -0.3 is 14.6 Å². The minimum atomic E-state index is -0.263. The van der Waals surface area contributed by atoms with E-state index in [1.54, 1.807) is 25.3 Å². The number of anilines is 1. The fourth-order valence-electron chi connectivity index (χ4n) is 4.85. The third-order valence-electron chi connectivity index (χ3n) is 6.93. The van der Waals surface area contributed by atoms with E-state index >= 15 is 0 Å². The molecule has 1 N–H and O–H groups in total. The lowest BCUT2D eigenvalue weighted by Gasteiger charge is -2.32. The summed E-state index contributed by atoms with van der Waals surface area (Å²) >= 11 is 0. The summed E-state index contributed by atoms with van der Waals surface area (Å²) in [6.07, 6.45) is 7.28. The largest absolute Gasteiger partial charge is 0.462 e. The molecule has 0 spiro atoms. The van der Waals surface area contributed by atoms with Gasteiger partial charge >= 0.3 is 0 Å². The molecule has 2 amide bonds. The number of amides is 2. The number of carbonyl (C=O) groups is 2. The topological polar surface area (TPSA) is 80.4 Å². The van der Waals surface area contributed by atoms with Gasteiger partial charge in [-0.05, 0) is 86.7 Å². The lowest BCUT2D eigenvalue weighted by Crippen LogP contribution is -2.39. The van der Waals surface area contributed by atoms with Crippen molar-refractivity contribution in [2.75, 3.05) is 18.4 Å². The average molecular weight is 527 g/mol. The molecule has 3 heterocycles. The summed E-state index contributed by atoms with van der Waals surface area (Å²) in [5.74, 6) is 0.940. The Morgan fingerprint density at radius 1 is 1.08 bits per heavy atom. The van der Waals surface area contributed by atoms with Crippen LogP contribution >= 0.6 is 0 Å². The lowest BCUT2D eigenvalue weighted by atomic mass is 10.0. The Bertz CT molecular complexity index is 1510. The summed E-state index contributed by atoms with van der Waals surface area (Å²) in [6.45, 7) is 4.82. The quantitative estimate of drug-likeness (QED) is 0.298. The normalized spacial score (nSPS) is 14.4. The van der Waals surface area contributed by atoms with Crippen molar-refractivity contribution in [3.05, 3.63) is 113 Å². The number of halogens is 1. The molecular weight excluding hydrogens is 495 g/mol. The predicted octanol–water partition coefficient (Wildman–Crippen LogP) is 6.03. The fourth-order valence-corrected chi connectivity index (χ4v) is 4.85. The standard InChI is InChI=1S/C31H31FN4O3/c1-21(15-29-10-9-22(2)39-29)30(37)34-27-19-33-36(20-27)28-11-13-35(14-12-28)31(38)25-7-3-5-23(17-25)16-24-6-4-8-26(32)18-24/h3-10,15,17-20,28H,11-14,16H2,1-2H3,(H,34,37)/b21-15+. The van der Waals surface area contributed by atoms with Gasteiger partial charge in [-0.25, -0.2) is 4.39 Å². The summed E-state index contributed by atoms with van der Waals surface area (Å²) in [7, 11) is 0. The van der Waals surface area contributed by atoms with Gasteiger partial charge in [0.15, 0.2) is 0 Å². The number of likely N-dealkylation sites (tertiary alicyclic amines) is 1. The molecule has 5 rings (SSSR count). The molecule has 0 bridgehead atoms. The predicted molar refractivity (Wildman–Crippen MR) is 148 cm³/mol. The molecule has 0 atom stereocenters. The van der Waals surface area contributed by atoms with Crippen LogP contribution in [0.1, 0.15) is 58.8 Å². The van der Waals surface area contributed by atoms with Gasteiger partial charge in [-0.2, -0.15) is 5.10 Å². The summed E-state index contributed by atoms with van der Waals surface area (Å²) in [6, 6.07) is 17.9. The van der Waals surface area contributed by atoms with Crippen molar-refractivity contribution in [1.82, 2.24) is 14.7 Å². The van der Waals surface area contributed by atoms with Crippen LogP contribution < -0.4 is 5.32 Å². The third-order valence-corrected chi connectivity index (χ3v) is 6.93. The van der Waals surface area contributed by atoms with Crippen molar-refractivity contribution in [3.63, 3.8) is 0 Å². The number of aryl methyl sites for hydroxylation is 1. The van der Waals surface area contributed by atoms with Crippen LogP contribution in [0.15, 0.2) is 83.0 Å².